The molecule has 0 unspecified atom stereocenters. The molecule has 0 aliphatic rings. The lowest BCUT2D eigenvalue weighted by Gasteiger charge is -2.09. The maximum Gasteiger partial charge on any atom is 0.213 e. The predicted molar refractivity (Wildman–Crippen MR) is 94.8 cm³/mol. The number of ether oxygens (including phenoxy) is 1. The van der Waals surface area contributed by atoms with Gasteiger partial charge in [-0.1, -0.05) is 0 Å². The molecule has 3 aromatic heterocycles. The van der Waals surface area contributed by atoms with E-state index in [9.17, 15) is 4.79 Å². The number of aromatic nitrogens is 3. The van der Waals surface area contributed by atoms with Gasteiger partial charge in [-0.3, -0.25) is 4.79 Å². The number of pyridine rings is 2. The highest BCUT2D eigenvalue weighted by molar-refractivity contribution is 5.96. The van der Waals surface area contributed by atoms with E-state index in [2.05, 4.69) is 15.0 Å². The number of allylic oxidation sites excluding steroid dienone is 1. The van der Waals surface area contributed by atoms with E-state index in [4.69, 9.17) is 4.74 Å². The minimum absolute atomic E-state index is 0.0124. The molecule has 5 nitrogen and oxygen atoms in total. The number of carbonyl (C=O) groups is 1. The van der Waals surface area contributed by atoms with Crippen molar-refractivity contribution in [3.63, 3.8) is 0 Å². The van der Waals surface area contributed by atoms with Gasteiger partial charge >= 0.3 is 0 Å². The van der Waals surface area contributed by atoms with Crippen molar-refractivity contribution >= 4 is 22.9 Å². The largest absolute Gasteiger partial charge is 0.475 e. The minimum atomic E-state index is 0.0124. The van der Waals surface area contributed by atoms with E-state index in [-0.39, 0.29) is 11.9 Å². The molecule has 0 fully saturated rings. The molecule has 24 heavy (non-hydrogen) atoms. The molecule has 0 spiro atoms. The Kier molecular flexibility index (Phi) is 4.42. The third kappa shape index (κ3) is 3.51. The molecule has 0 amide bonds. The first-order valence-electron chi connectivity index (χ1n) is 7.82. The summed E-state index contributed by atoms with van der Waals surface area (Å²) in [6, 6.07) is 5.86. The van der Waals surface area contributed by atoms with Crippen LogP contribution >= 0.6 is 0 Å². The second kappa shape index (κ2) is 6.66. The number of rotatable bonds is 5. The van der Waals surface area contributed by atoms with E-state index in [0.717, 1.165) is 27.7 Å². The maximum absolute atomic E-state index is 11.1. The van der Waals surface area contributed by atoms with Crippen LogP contribution in [0.15, 0.2) is 42.9 Å². The molecule has 3 rings (SSSR count). The Labute approximate surface area is 140 Å². The van der Waals surface area contributed by atoms with Crippen LogP contribution in [0.25, 0.3) is 28.2 Å². The first-order chi connectivity index (χ1) is 11.5. The van der Waals surface area contributed by atoms with Crippen LogP contribution in [0.4, 0.5) is 0 Å². The van der Waals surface area contributed by atoms with Crippen LogP contribution < -0.4 is 4.74 Å². The molecule has 0 atom stereocenters. The Hall–Kier alpha value is -2.95. The lowest BCUT2D eigenvalue weighted by atomic mass is 10.1. The number of fused-ring (bicyclic) bond motifs is 1. The molecule has 122 valence electrons. The fourth-order valence-electron chi connectivity index (χ4n) is 2.39. The van der Waals surface area contributed by atoms with Gasteiger partial charge in [0, 0.05) is 46.7 Å². The quantitative estimate of drug-likeness (QED) is 0.721. The van der Waals surface area contributed by atoms with Crippen LogP contribution in [0.3, 0.4) is 0 Å². The maximum atomic E-state index is 11.1. The normalized spacial score (nSPS) is 11.5. The second-order valence-corrected chi connectivity index (χ2v) is 5.86. The topological polar surface area (TPSA) is 67.9 Å². The van der Waals surface area contributed by atoms with Crippen LogP contribution in [0, 0.1) is 0 Å². The number of hydrogen-bond donors (Lipinski definition) is 1. The zero-order valence-corrected chi connectivity index (χ0v) is 13.9. The summed E-state index contributed by atoms with van der Waals surface area (Å²) in [6.07, 6.45) is 8.87. The summed E-state index contributed by atoms with van der Waals surface area (Å²) in [5, 5.41) is 0.965. The Morgan fingerprint density at radius 1 is 1.21 bits per heavy atom. The molecule has 0 radical (unpaired) electrons. The fraction of sp³-hybridized carbons (Fsp3) is 0.211. The van der Waals surface area contributed by atoms with Gasteiger partial charge in [0.15, 0.2) is 5.78 Å². The van der Waals surface area contributed by atoms with Crippen molar-refractivity contribution in [2.75, 3.05) is 0 Å². The van der Waals surface area contributed by atoms with Gasteiger partial charge in [0.2, 0.25) is 5.88 Å². The second-order valence-electron chi connectivity index (χ2n) is 5.86. The molecule has 0 aromatic carbocycles. The van der Waals surface area contributed by atoms with Gasteiger partial charge in [0.05, 0.1) is 6.10 Å². The number of aromatic amines is 1. The van der Waals surface area contributed by atoms with E-state index in [1.54, 1.807) is 24.5 Å². The zero-order valence-electron chi connectivity index (χ0n) is 13.9. The molecule has 0 bridgehead atoms. The monoisotopic (exact) mass is 321 g/mol. The van der Waals surface area contributed by atoms with E-state index >= 15 is 0 Å². The summed E-state index contributed by atoms with van der Waals surface area (Å²) >= 11 is 0. The zero-order chi connectivity index (χ0) is 17.1. The Morgan fingerprint density at radius 3 is 2.67 bits per heavy atom. The van der Waals surface area contributed by atoms with Crippen molar-refractivity contribution in [1.82, 2.24) is 15.0 Å². The smallest absolute Gasteiger partial charge is 0.213 e. The van der Waals surface area contributed by atoms with Crippen molar-refractivity contribution < 1.29 is 9.53 Å². The van der Waals surface area contributed by atoms with Crippen LogP contribution in [0.2, 0.25) is 0 Å². The Bertz CT molecular complexity index is 893. The molecule has 3 heterocycles. The summed E-state index contributed by atoms with van der Waals surface area (Å²) < 4.78 is 5.56. The van der Waals surface area contributed by atoms with Crippen molar-refractivity contribution in [3.05, 3.63) is 48.4 Å². The highest BCUT2D eigenvalue weighted by Gasteiger charge is 2.07. The average Bonchev–Trinajstić information content (AvgIpc) is 2.95. The number of nitrogens with zero attached hydrogens (tertiary/aromatic N) is 2. The van der Waals surface area contributed by atoms with E-state index in [1.807, 2.05) is 38.2 Å². The van der Waals surface area contributed by atoms with Crippen LogP contribution in [0.1, 0.15) is 26.3 Å². The fourth-order valence-corrected chi connectivity index (χ4v) is 2.39. The van der Waals surface area contributed by atoms with Crippen molar-refractivity contribution in [1.29, 1.82) is 0 Å². The average molecular weight is 321 g/mol. The van der Waals surface area contributed by atoms with E-state index < -0.39 is 0 Å². The van der Waals surface area contributed by atoms with Crippen LogP contribution in [-0.4, -0.2) is 26.8 Å². The van der Waals surface area contributed by atoms with Crippen molar-refractivity contribution in [2.45, 2.75) is 26.9 Å². The first kappa shape index (κ1) is 15.9. The number of H-pyrrole nitrogens is 1. The molecular weight excluding hydrogens is 302 g/mol. The molecule has 0 aliphatic heterocycles. The summed E-state index contributed by atoms with van der Waals surface area (Å²) in [6.45, 7) is 5.46. The third-order valence-corrected chi connectivity index (χ3v) is 3.49. The number of nitrogens with one attached hydrogen (secondary N) is 1. The molecule has 5 heteroatoms. The van der Waals surface area contributed by atoms with Gasteiger partial charge < -0.3 is 9.72 Å². The summed E-state index contributed by atoms with van der Waals surface area (Å²) in [4.78, 5) is 23.0. The molecule has 1 N–H and O–H groups in total. The molecular formula is C19H19N3O2. The molecule has 3 aromatic rings. The third-order valence-electron chi connectivity index (χ3n) is 3.49. The highest BCUT2D eigenvalue weighted by atomic mass is 16.5. The minimum Gasteiger partial charge on any atom is -0.475 e. The van der Waals surface area contributed by atoms with Gasteiger partial charge in [0.25, 0.3) is 0 Å². The number of ketones is 1. The van der Waals surface area contributed by atoms with Crippen molar-refractivity contribution in [2.24, 2.45) is 0 Å². The highest BCUT2D eigenvalue weighted by Crippen LogP contribution is 2.26. The predicted octanol–water partition coefficient (Wildman–Crippen LogP) is 4.01. The van der Waals surface area contributed by atoms with Crippen LogP contribution in [0.5, 0.6) is 5.88 Å². The lowest BCUT2D eigenvalue weighted by Crippen LogP contribution is -2.06. The standard InChI is InChI=1S/C19H19N3O2/c1-12(2)24-18-7-6-14(9-20-18)16-8-17-15(5-4-13(3)23)10-21-19(17)22-11-16/h4-12H,1-3H3,(H,21,22)/b5-4+. The van der Waals surface area contributed by atoms with Gasteiger partial charge in [-0.2, -0.15) is 0 Å². The Morgan fingerprint density at radius 2 is 2.00 bits per heavy atom. The van der Waals surface area contributed by atoms with E-state index in [0.29, 0.717) is 5.88 Å². The van der Waals surface area contributed by atoms with E-state index in [1.165, 1.54) is 6.92 Å². The van der Waals surface area contributed by atoms with Gasteiger partial charge in [-0.15, -0.1) is 0 Å². The van der Waals surface area contributed by atoms with Gasteiger partial charge in [-0.05, 0) is 45.1 Å². The van der Waals surface area contributed by atoms with Crippen LogP contribution in [-0.2, 0) is 4.79 Å². The summed E-state index contributed by atoms with van der Waals surface area (Å²) in [5.74, 6) is 0.618. The van der Waals surface area contributed by atoms with Gasteiger partial charge in [-0.25, -0.2) is 9.97 Å². The number of hydrogen-bond acceptors (Lipinski definition) is 4. The molecule has 0 saturated heterocycles. The molecule has 0 saturated carbocycles. The lowest BCUT2D eigenvalue weighted by molar-refractivity contribution is -0.112. The summed E-state index contributed by atoms with van der Waals surface area (Å²) in [7, 11) is 0. The summed E-state index contributed by atoms with van der Waals surface area (Å²) in [5.41, 5.74) is 3.64. The first-order valence-corrected chi connectivity index (χ1v) is 7.82. The van der Waals surface area contributed by atoms with Gasteiger partial charge in [0.1, 0.15) is 5.65 Å². The molecule has 0 aliphatic carbocycles. The SMILES string of the molecule is CC(=O)/C=C/c1c[nH]c2ncc(-c3ccc(OC(C)C)nc3)cc12. The Balaban J connectivity index is 1.95. The van der Waals surface area contributed by atoms with Crippen molar-refractivity contribution in [3.8, 4) is 17.0 Å². The number of carbonyl (C=O) groups excluding carboxylic acids is 1.